The van der Waals surface area contributed by atoms with Crippen LogP contribution in [-0.4, -0.2) is 46.5 Å². The fourth-order valence-corrected chi connectivity index (χ4v) is 3.33. The van der Waals surface area contributed by atoms with Gasteiger partial charge in [-0.3, -0.25) is 9.59 Å². The van der Waals surface area contributed by atoms with Gasteiger partial charge in [0.15, 0.2) is 17.9 Å². The van der Waals surface area contributed by atoms with Crippen LogP contribution in [0.2, 0.25) is 0 Å². The maximum absolute atomic E-state index is 13.6. The second-order valence-electron chi connectivity index (χ2n) is 5.44. The van der Waals surface area contributed by atoms with Gasteiger partial charge in [0.1, 0.15) is 16.3 Å². The van der Waals surface area contributed by atoms with E-state index in [-0.39, 0.29) is 16.9 Å². The molecule has 0 spiro atoms. The molecule has 0 atom stereocenters. The highest BCUT2D eigenvalue weighted by molar-refractivity contribution is 7.17. The van der Waals surface area contributed by atoms with Crippen LogP contribution in [0.15, 0.2) is 29.8 Å². The highest BCUT2D eigenvalue weighted by atomic mass is 32.1. The molecule has 0 bridgehead atoms. The van der Waals surface area contributed by atoms with E-state index in [1.165, 1.54) is 51.5 Å². The van der Waals surface area contributed by atoms with Crippen LogP contribution < -0.4 is 14.4 Å². The minimum absolute atomic E-state index is 0.0414. The molecule has 0 aliphatic heterocycles. The predicted molar refractivity (Wildman–Crippen MR) is 103 cm³/mol. The van der Waals surface area contributed by atoms with E-state index in [0.717, 1.165) is 17.4 Å². The Kier molecular flexibility index (Phi) is 6.89. The van der Waals surface area contributed by atoms with Gasteiger partial charge < -0.3 is 19.1 Å². The summed E-state index contributed by atoms with van der Waals surface area (Å²) in [5, 5.41) is 0.492. The van der Waals surface area contributed by atoms with E-state index in [9.17, 15) is 18.8 Å². The lowest BCUT2D eigenvalue weighted by Crippen LogP contribution is -2.25. The Hall–Kier alpha value is -3.20. The molecular weight excluding hydrogens is 389 g/mol. The Morgan fingerprint density at radius 3 is 2.36 bits per heavy atom. The van der Waals surface area contributed by atoms with Gasteiger partial charge >= 0.3 is 5.97 Å². The molecule has 0 aliphatic rings. The zero-order valence-electron chi connectivity index (χ0n) is 15.6. The summed E-state index contributed by atoms with van der Waals surface area (Å²) < 4.78 is 28.3. The highest BCUT2D eigenvalue weighted by Crippen LogP contribution is 2.37. The molecule has 0 N–H and O–H groups in total. The van der Waals surface area contributed by atoms with Gasteiger partial charge in [0.05, 0.1) is 26.2 Å². The van der Waals surface area contributed by atoms with Crippen molar-refractivity contribution in [2.24, 2.45) is 0 Å². The van der Waals surface area contributed by atoms with E-state index in [4.69, 9.17) is 9.47 Å². The summed E-state index contributed by atoms with van der Waals surface area (Å²) in [6.45, 7) is 0. The van der Waals surface area contributed by atoms with E-state index in [1.807, 2.05) is 0 Å². The minimum Gasteiger partial charge on any atom is -0.495 e. The average Bonchev–Trinajstić information content (AvgIpc) is 3.13. The van der Waals surface area contributed by atoms with Gasteiger partial charge in [0.25, 0.3) is 5.91 Å². The third-order valence-corrected chi connectivity index (χ3v) is 4.94. The van der Waals surface area contributed by atoms with Crippen LogP contribution in [0.25, 0.3) is 6.08 Å². The van der Waals surface area contributed by atoms with Crippen LogP contribution in [0.4, 0.5) is 9.39 Å². The summed E-state index contributed by atoms with van der Waals surface area (Å²) in [5.74, 6) is -1.42. The van der Waals surface area contributed by atoms with Crippen LogP contribution in [0, 0.1) is 5.82 Å². The molecule has 1 heterocycles. The number of aldehydes is 1. The number of benzene rings is 1. The maximum Gasteiger partial charge on any atom is 0.341 e. The van der Waals surface area contributed by atoms with Gasteiger partial charge in [-0.25, -0.2) is 9.18 Å². The number of carbonyl (C=O) groups excluding carboxylic acids is 3. The van der Waals surface area contributed by atoms with Gasteiger partial charge in [-0.2, -0.15) is 0 Å². The average molecular weight is 407 g/mol. The first-order valence-electron chi connectivity index (χ1n) is 7.90. The van der Waals surface area contributed by atoms with E-state index >= 15 is 0 Å². The summed E-state index contributed by atoms with van der Waals surface area (Å²) in [7, 11) is 5.44. The molecule has 9 heteroatoms. The standard InChI is InChI=1S/C19H18FNO6S/c1-21(18(23)11-5-6-13(20)14(7-11)25-2)17-9-15(26-3)16(28-17)8-12(10-22)19(24)27-4/h5-10H,1-4H3/b12-8+. The van der Waals surface area contributed by atoms with Gasteiger partial charge in [0.2, 0.25) is 0 Å². The molecule has 0 saturated heterocycles. The molecule has 0 fully saturated rings. The zero-order valence-corrected chi connectivity index (χ0v) is 16.5. The summed E-state index contributed by atoms with van der Waals surface area (Å²) in [5.41, 5.74) is 0.0415. The molecule has 0 unspecified atom stereocenters. The van der Waals surface area contributed by atoms with Gasteiger partial charge in [0, 0.05) is 18.7 Å². The molecule has 1 aromatic heterocycles. The first kappa shape index (κ1) is 21.1. The van der Waals surface area contributed by atoms with Gasteiger partial charge in [-0.05, 0) is 24.3 Å². The van der Waals surface area contributed by atoms with Gasteiger partial charge in [-0.1, -0.05) is 0 Å². The first-order chi connectivity index (χ1) is 13.4. The molecule has 0 radical (unpaired) electrons. The fraction of sp³-hybridized carbons (Fsp3) is 0.211. The predicted octanol–water partition coefficient (Wildman–Crippen LogP) is 2.94. The Bertz CT molecular complexity index is 937. The monoisotopic (exact) mass is 407 g/mol. The number of hydrogen-bond donors (Lipinski definition) is 0. The molecule has 148 valence electrons. The fourth-order valence-electron chi connectivity index (χ4n) is 2.29. The van der Waals surface area contributed by atoms with Crippen LogP contribution in [0.1, 0.15) is 15.2 Å². The van der Waals surface area contributed by atoms with Crippen LogP contribution >= 0.6 is 11.3 Å². The highest BCUT2D eigenvalue weighted by Gasteiger charge is 2.20. The van der Waals surface area contributed by atoms with Crippen molar-refractivity contribution in [2.75, 3.05) is 33.3 Å². The van der Waals surface area contributed by atoms with E-state index in [1.54, 1.807) is 6.07 Å². The molecule has 1 amide bonds. The topological polar surface area (TPSA) is 82.1 Å². The van der Waals surface area contributed by atoms with E-state index in [0.29, 0.717) is 21.9 Å². The van der Waals surface area contributed by atoms with Crippen molar-refractivity contribution in [1.29, 1.82) is 0 Å². The number of carbonyl (C=O) groups is 3. The number of thiophene rings is 1. The quantitative estimate of drug-likeness (QED) is 0.231. The summed E-state index contributed by atoms with van der Waals surface area (Å²) in [6, 6.07) is 5.40. The second kappa shape index (κ2) is 9.14. The Morgan fingerprint density at radius 2 is 1.79 bits per heavy atom. The van der Waals surface area contributed by atoms with E-state index < -0.39 is 17.7 Å². The van der Waals surface area contributed by atoms with Crippen molar-refractivity contribution < 1.29 is 33.0 Å². The minimum atomic E-state index is -0.783. The van der Waals surface area contributed by atoms with Crippen molar-refractivity contribution in [3.8, 4) is 11.5 Å². The number of methoxy groups -OCH3 is 3. The molecule has 0 saturated carbocycles. The molecule has 2 rings (SSSR count). The Morgan fingerprint density at radius 1 is 1.11 bits per heavy atom. The second-order valence-corrected chi connectivity index (χ2v) is 6.50. The molecule has 28 heavy (non-hydrogen) atoms. The van der Waals surface area contributed by atoms with Crippen molar-refractivity contribution in [3.63, 3.8) is 0 Å². The molecule has 0 aliphatic carbocycles. The van der Waals surface area contributed by atoms with Crippen LogP contribution in [0.3, 0.4) is 0 Å². The Labute approximate surface area is 164 Å². The molecule has 2 aromatic rings. The number of nitrogens with zero attached hydrogens (tertiary/aromatic N) is 1. The lowest BCUT2D eigenvalue weighted by atomic mass is 10.2. The van der Waals surface area contributed by atoms with Crippen molar-refractivity contribution in [3.05, 3.63) is 46.1 Å². The van der Waals surface area contributed by atoms with Crippen molar-refractivity contribution in [2.45, 2.75) is 0 Å². The lowest BCUT2D eigenvalue weighted by molar-refractivity contribution is -0.136. The van der Waals surface area contributed by atoms with Crippen LogP contribution in [0.5, 0.6) is 11.5 Å². The normalized spacial score (nSPS) is 11.0. The number of ether oxygens (including phenoxy) is 3. The smallest absolute Gasteiger partial charge is 0.341 e. The number of amides is 1. The van der Waals surface area contributed by atoms with E-state index in [2.05, 4.69) is 4.74 Å². The Balaban J connectivity index is 2.38. The third-order valence-electron chi connectivity index (χ3n) is 3.80. The summed E-state index contributed by atoms with van der Waals surface area (Å²) in [4.78, 5) is 37.3. The lowest BCUT2D eigenvalue weighted by Gasteiger charge is -2.15. The van der Waals surface area contributed by atoms with Crippen molar-refractivity contribution in [1.82, 2.24) is 0 Å². The van der Waals surface area contributed by atoms with Crippen LogP contribution in [-0.2, 0) is 14.3 Å². The molecule has 1 aromatic carbocycles. The molecule has 7 nitrogen and oxygen atoms in total. The first-order valence-corrected chi connectivity index (χ1v) is 8.72. The molecular formula is C19H18FNO6S. The number of anilines is 1. The number of hydrogen-bond acceptors (Lipinski definition) is 7. The summed E-state index contributed by atoms with van der Waals surface area (Å²) >= 11 is 1.13. The SMILES string of the molecule is COC(=O)/C(C=O)=C/c1sc(N(C)C(=O)c2ccc(F)c(OC)c2)cc1OC. The summed E-state index contributed by atoms with van der Waals surface area (Å²) in [6.07, 6.45) is 1.70. The maximum atomic E-state index is 13.6. The number of esters is 1. The third kappa shape index (κ3) is 4.37. The zero-order chi connectivity index (χ0) is 20.8. The largest absolute Gasteiger partial charge is 0.495 e. The van der Waals surface area contributed by atoms with Crippen molar-refractivity contribution >= 4 is 40.6 Å². The van der Waals surface area contributed by atoms with Gasteiger partial charge in [-0.15, -0.1) is 11.3 Å². The number of rotatable bonds is 7. The number of halogens is 1.